The molecule has 0 unspecified atom stereocenters. The number of hydrogen-bond acceptors (Lipinski definition) is 8. The van der Waals surface area contributed by atoms with E-state index in [0.717, 1.165) is 37.0 Å². The SMILES string of the molecule is COc1ccccc1CCN(C(=O)C1CCCC1)[C@@H]1C=C(C(=O)NCCO)[C@@H]2c3cc(CO)cc(OC)c3O[C@@H]2[C@H]1O. The van der Waals surface area contributed by atoms with Crippen molar-refractivity contribution in [3.63, 3.8) is 0 Å². The number of aliphatic hydroxyl groups is 3. The van der Waals surface area contributed by atoms with Crippen LogP contribution in [0.5, 0.6) is 17.2 Å². The van der Waals surface area contributed by atoms with E-state index in [4.69, 9.17) is 14.2 Å². The lowest BCUT2D eigenvalue weighted by Gasteiger charge is -2.41. The van der Waals surface area contributed by atoms with Gasteiger partial charge in [-0.05, 0) is 54.7 Å². The number of methoxy groups -OCH3 is 2. The van der Waals surface area contributed by atoms with Crippen LogP contribution in [0.1, 0.15) is 48.3 Å². The van der Waals surface area contributed by atoms with Crippen molar-refractivity contribution in [1.29, 1.82) is 0 Å². The van der Waals surface area contributed by atoms with Crippen LogP contribution in [0.25, 0.3) is 0 Å². The van der Waals surface area contributed by atoms with Crippen molar-refractivity contribution in [2.45, 2.75) is 62.9 Å². The zero-order valence-corrected chi connectivity index (χ0v) is 24.1. The van der Waals surface area contributed by atoms with Crippen LogP contribution in [-0.2, 0) is 22.6 Å². The Balaban J connectivity index is 1.56. The monoisotopic (exact) mass is 580 g/mol. The number of hydrogen-bond donors (Lipinski definition) is 4. The van der Waals surface area contributed by atoms with Crippen LogP contribution in [0.3, 0.4) is 0 Å². The third-order valence-electron chi connectivity index (χ3n) is 8.66. The molecular weight excluding hydrogens is 540 g/mol. The number of benzene rings is 2. The highest BCUT2D eigenvalue weighted by atomic mass is 16.5. The molecule has 3 aliphatic rings. The Labute approximate surface area is 245 Å². The maximum absolute atomic E-state index is 14.0. The van der Waals surface area contributed by atoms with Crippen molar-refractivity contribution < 1.29 is 39.1 Å². The van der Waals surface area contributed by atoms with Gasteiger partial charge in [-0.25, -0.2) is 0 Å². The first kappa shape index (κ1) is 29.9. The molecule has 2 amide bonds. The molecule has 2 aromatic rings. The fourth-order valence-corrected chi connectivity index (χ4v) is 6.58. The molecule has 10 heteroatoms. The Bertz CT molecular complexity index is 1320. The predicted molar refractivity (Wildman–Crippen MR) is 154 cm³/mol. The quantitative estimate of drug-likeness (QED) is 0.317. The molecule has 0 aromatic heterocycles. The van der Waals surface area contributed by atoms with Gasteiger partial charge >= 0.3 is 0 Å². The van der Waals surface area contributed by atoms with Crippen LogP contribution in [0.15, 0.2) is 48.0 Å². The Morgan fingerprint density at radius 1 is 1.07 bits per heavy atom. The van der Waals surface area contributed by atoms with E-state index in [9.17, 15) is 24.9 Å². The average Bonchev–Trinajstić information content (AvgIpc) is 3.69. The van der Waals surface area contributed by atoms with Gasteiger partial charge in [-0.2, -0.15) is 0 Å². The van der Waals surface area contributed by atoms with Gasteiger partial charge in [0.1, 0.15) is 18.0 Å². The van der Waals surface area contributed by atoms with E-state index >= 15 is 0 Å². The van der Waals surface area contributed by atoms with Gasteiger partial charge in [0.2, 0.25) is 11.8 Å². The van der Waals surface area contributed by atoms with Gasteiger partial charge in [0.25, 0.3) is 0 Å². The van der Waals surface area contributed by atoms with Crippen molar-refractivity contribution in [3.8, 4) is 17.2 Å². The van der Waals surface area contributed by atoms with Gasteiger partial charge in [0, 0.05) is 30.1 Å². The van der Waals surface area contributed by atoms with Crippen molar-refractivity contribution >= 4 is 11.8 Å². The number of nitrogens with zero attached hydrogens (tertiary/aromatic N) is 1. The molecule has 0 saturated heterocycles. The predicted octanol–water partition coefficient (Wildman–Crippen LogP) is 2.08. The van der Waals surface area contributed by atoms with E-state index in [1.807, 2.05) is 24.3 Å². The summed E-state index contributed by atoms with van der Waals surface area (Å²) in [4.78, 5) is 29.3. The average molecular weight is 581 g/mol. The minimum absolute atomic E-state index is 0.0486. The second kappa shape index (κ2) is 13.1. The van der Waals surface area contributed by atoms with Gasteiger partial charge in [0.05, 0.1) is 39.4 Å². The molecule has 0 radical (unpaired) electrons. The summed E-state index contributed by atoms with van der Waals surface area (Å²) >= 11 is 0. The van der Waals surface area contributed by atoms with E-state index in [1.165, 1.54) is 7.11 Å². The second-order valence-electron chi connectivity index (χ2n) is 11.1. The minimum Gasteiger partial charge on any atom is -0.496 e. The number of ether oxygens (including phenoxy) is 3. The minimum atomic E-state index is -1.15. The molecule has 0 bridgehead atoms. The number of carbonyl (C=O) groups excluding carboxylic acids is 2. The molecule has 1 fully saturated rings. The topological polar surface area (TPSA) is 138 Å². The highest BCUT2D eigenvalue weighted by Crippen LogP contribution is 2.51. The number of carbonyl (C=O) groups is 2. The summed E-state index contributed by atoms with van der Waals surface area (Å²) in [6.07, 6.45) is 3.68. The van der Waals surface area contributed by atoms with Crippen LogP contribution < -0.4 is 19.5 Å². The highest BCUT2D eigenvalue weighted by molar-refractivity contribution is 5.96. The molecule has 42 heavy (non-hydrogen) atoms. The van der Waals surface area contributed by atoms with E-state index in [0.29, 0.717) is 41.2 Å². The maximum Gasteiger partial charge on any atom is 0.247 e. The summed E-state index contributed by atoms with van der Waals surface area (Å²) in [6, 6.07) is 10.2. The lowest BCUT2D eigenvalue weighted by atomic mass is 9.77. The van der Waals surface area contributed by atoms with Crippen LogP contribution in [0.4, 0.5) is 0 Å². The number of rotatable bonds is 11. The molecule has 1 heterocycles. The van der Waals surface area contributed by atoms with Gasteiger partial charge in [-0.15, -0.1) is 0 Å². The third-order valence-corrected chi connectivity index (χ3v) is 8.66. The molecule has 5 rings (SSSR count). The fourth-order valence-electron chi connectivity index (χ4n) is 6.58. The molecule has 4 atom stereocenters. The lowest BCUT2D eigenvalue weighted by Crippen LogP contribution is -2.57. The van der Waals surface area contributed by atoms with Gasteiger partial charge in [-0.3, -0.25) is 9.59 Å². The molecule has 10 nitrogen and oxygen atoms in total. The normalized spacial score (nSPS) is 22.9. The van der Waals surface area contributed by atoms with Crippen LogP contribution in [0, 0.1) is 5.92 Å². The van der Waals surface area contributed by atoms with E-state index in [-0.39, 0.29) is 31.6 Å². The molecule has 226 valence electrons. The summed E-state index contributed by atoms with van der Waals surface area (Å²) in [5.41, 5.74) is 2.47. The first-order valence-corrected chi connectivity index (χ1v) is 14.6. The fraction of sp³-hybridized carbons (Fsp3) is 0.500. The first-order chi connectivity index (χ1) is 20.4. The summed E-state index contributed by atoms with van der Waals surface area (Å²) < 4.78 is 17.4. The standard InChI is InChI=1S/C32H40N2O8/c1-40-25-10-6-5-7-20(25)11-13-34(32(39)21-8-3-4-9-21)24-17-23(31(38)33-12-14-35)27-22-15-19(18-36)16-26(41-2)29(22)42-30(27)28(24)37/h5-7,10,15-17,21,24,27-28,30,35-37H,3-4,8-9,11-14,18H2,1-2H3,(H,33,38)/t24-,27+,28+,30+/m1/s1. The summed E-state index contributed by atoms with van der Waals surface area (Å²) in [5, 5.41) is 33.9. The number of amides is 2. The Morgan fingerprint density at radius 3 is 2.50 bits per heavy atom. The molecule has 2 aromatic carbocycles. The van der Waals surface area contributed by atoms with E-state index in [1.54, 1.807) is 30.2 Å². The lowest BCUT2D eigenvalue weighted by molar-refractivity contribution is -0.141. The Hall–Kier alpha value is -3.60. The zero-order valence-electron chi connectivity index (χ0n) is 24.1. The summed E-state index contributed by atoms with van der Waals surface area (Å²) in [7, 11) is 3.10. The molecular formula is C32H40N2O8. The van der Waals surface area contributed by atoms with Crippen LogP contribution in [-0.4, -0.2) is 84.2 Å². The van der Waals surface area contributed by atoms with Crippen LogP contribution >= 0.6 is 0 Å². The van der Waals surface area contributed by atoms with Gasteiger partial charge in [-0.1, -0.05) is 31.0 Å². The Morgan fingerprint density at radius 2 is 1.81 bits per heavy atom. The third kappa shape index (κ3) is 5.71. The maximum atomic E-state index is 14.0. The second-order valence-corrected chi connectivity index (χ2v) is 11.1. The van der Waals surface area contributed by atoms with Gasteiger partial charge < -0.3 is 39.7 Å². The Kier molecular flexibility index (Phi) is 9.35. The highest BCUT2D eigenvalue weighted by Gasteiger charge is 2.51. The zero-order chi connectivity index (χ0) is 29.8. The van der Waals surface area contributed by atoms with Gasteiger partial charge in [0.15, 0.2) is 11.5 Å². The van der Waals surface area contributed by atoms with E-state index < -0.39 is 30.1 Å². The van der Waals surface area contributed by atoms with E-state index in [2.05, 4.69) is 5.32 Å². The summed E-state index contributed by atoms with van der Waals surface area (Å²) in [5.74, 6) is 0.221. The van der Waals surface area contributed by atoms with Crippen molar-refractivity contribution in [1.82, 2.24) is 10.2 Å². The number of aliphatic hydroxyl groups excluding tert-OH is 3. The van der Waals surface area contributed by atoms with Crippen molar-refractivity contribution in [2.24, 2.45) is 5.92 Å². The molecule has 1 aliphatic heterocycles. The molecule has 0 spiro atoms. The number of fused-ring (bicyclic) bond motifs is 3. The first-order valence-electron chi connectivity index (χ1n) is 14.6. The van der Waals surface area contributed by atoms with Crippen molar-refractivity contribution in [2.75, 3.05) is 33.9 Å². The molecule has 4 N–H and O–H groups in total. The largest absolute Gasteiger partial charge is 0.496 e. The molecule has 1 saturated carbocycles. The molecule has 2 aliphatic carbocycles. The van der Waals surface area contributed by atoms with Crippen molar-refractivity contribution in [3.05, 3.63) is 64.7 Å². The number of nitrogens with one attached hydrogen (secondary N) is 1. The number of para-hydroxylation sites is 1. The van der Waals surface area contributed by atoms with Crippen LogP contribution in [0.2, 0.25) is 0 Å². The smallest absolute Gasteiger partial charge is 0.247 e. The summed E-state index contributed by atoms with van der Waals surface area (Å²) in [6.45, 7) is -0.122.